The molecule has 1 aliphatic heterocycles. The van der Waals surface area contributed by atoms with Crippen LogP contribution < -0.4 is 5.32 Å². The molecular formula is C14H20ClN. The molecule has 0 bridgehead atoms. The van der Waals surface area contributed by atoms with Gasteiger partial charge in [-0.25, -0.2) is 0 Å². The maximum atomic E-state index is 6.11. The van der Waals surface area contributed by atoms with Gasteiger partial charge >= 0.3 is 0 Å². The summed E-state index contributed by atoms with van der Waals surface area (Å²) in [6.07, 6.45) is 3.86. The van der Waals surface area contributed by atoms with Gasteiger partial charge in [0.25, 0.3) is 0 Å². The van der Waals surface area contributed by atoms with Crippen molar-refractivity contribution in [1.82, 2.24) is 5.32 Å². The Labute approximate surface area is 103 Å². The molecule has 1 atom stereocenters. The van der Waals surface area contributed by atoms with Gasteiger partial charge in [-0.1, -0.05) is 37.9 Å². The average molecular weight is 238 g/mol. The zero-order valence-corrected chi connectivity index (χ0v) is 10.8. The number of halogens is 1. The summed E-state index contributed by atoms with van der Waals surface area (Å²) < 4.78 is 0. The van der Waals surface area contributed by atoms with E-state index in [1.807, 2.05) is 6.07 Å². The second-order valence-corrected chi connectivity index (χ2v) is 5.37. The van der Waals surface area contributed by atoms with Gasteiger partial charge in [0.2, 0.25) is 0 Å². The lowest BCUT2D eigenvalue weighted by Gasteiger charge is -2.27. The van der Waals surface area contributed by atoms with Crippen LogP contribution in [0.2, 0.25) is 5.02 Å². The third-order valence-corrected chi connectivity index (χ3v) is 3.59. The van der Waals surface area contributed by atoms with E-state index in [1.54, 1.807) is 0 Å². The topological polar surface area (TPSA) is 12.0 Å². The minimum atomic E-state index is 0.504. The van der Waals surface area contributed by atoms with Crippen molar-refractivity contribution in [1.29, 1.82) is 0 Å². The van der Waals surface area contributed by atoms with E-state index in [2.05, 4.69) is 31.3 Å². The summed E-state index contributed by atoms with van der Waals surface area (Å²) in [7, 11) is 0. The van der Waals surface area contributed by atoms with Crippen LogP contribution in [0.3, 0.4) is 0 Å². The van der Waals surface area contributed by atoms with Gasteiger partial charge in [0.05, 0.1) is 0 Å². The normalized spacial score (nSPS) is 21.4. The van der Waals surface area contributed by atoms with Crippen molar-refractivity contribution in [2.45, 2.75) is 45.1 Å². The summed E-state index contributed by atoms with van der Waals surface area (Å²) in [6.45, 7) is 5.62. The molecule has 1 aromatic rings. The second kappa shape index (κ2) is 5.20. The van der Waals surface area contributed by atoms with Crippen molar-refractivity contribution in [3.8, 4) is 0 Å². The van der Waals surface area contributed by atoms with Crippen molar-refractivity contribution < 1.29 is 0 Å². The molecule has 16 heavy (non-hydrogen) atoms. The largest absolute Gasteiger partial charge is 0.310 e. The average Bonchev–Trinajstić information content (AvgIpc) is 2.29. The molecule has 1 N–H and O–H groups in total. The molecule has 1 saturated heterocycles. The minimum Gasteiger partial charge on any atom is -0.310 e. The highest BCUT2D eigenvalue weighted by Crippen LogP contribution is 2.31. The summed E-state index contributed by atoms with van der Waals surface area (Å²) in [4.78, 5) is 0. The molecular weight excluding hydrogens is 218 g/mol. The molecule has 88 valence electrons. The number of nitrogens with one attached hydrogen (secondary N) is 1. The van der Waals surface area contributed by atoms with Crippen molar-refractivity contribution in [2.75, 3.05) is 6.54 Å². The van der Waals surface area contributed by atoms with Crippen LogP contribution in [-0.4, -0.2) is 6.54 Å². The molecule has 1 aromatic carbocycles. The first-order valence-electron chi connectivity index (χ1n) is 6.21. The number of benzene rings is 1. The summed E-state index contributed by atoms with van der Waals surface area (Å²) in [5.74, 6) is 0.566. The van der Waals surface area contributed by atoms with Crippen LogP contribution in [0.4, 0.5) is 0 Å². The quantitative estimate of drug-likeness (QED) is 0.810. The predicted molar refractivity (Wildman–Crippen MR) is 70.1 cm³/mol. The van der Waals surface area contributed by atoms with Gasteiger partial charge in [-0.2, -0.15) is 0 Å². The summed E-state index contributed by atoms with van der Waals surface area (Å²) in [5, 5.41) is 4.45. The van der Waals surface area contributed by atoms with Crippen molar-refractivity contribution in [3.05, 3.63) is 34.3 Å². The Kier molecular flexibility index (Phi) is 3.88. The maximum absolute atomic E-state index is 6.11. The van der Waals surface area contributed by atoms with Crippen LogP contribution in [0.1, 0.15) is 56.2 Å². The fraction of sp³-hybridized carbons (Fsp3) is 0.571. The Morgan fingerprint density at radius 2 is 2.12 bits per heavy atom. The summed E-state index contributed by atoms with van der Waals surface area (Å²) >= 11 is 6.11. The zero-order chi connectivity index (χ0) is 11.5. The lowest BCUT2D eigenvalue weighted by Crippen LogP contribution is -2.27. The van der Waals surface area contributed by atoms with Crippen LogP contribution in [0, 0.1) is 0 Å². The van der Waals surface area contributed by atoms with Gasteiger partial charge in [-0.15, -0.1) is 0 Å². The SMILES string of the molecule is CC(C)c1ccc(Cl)cc1C1CCCCN1. The van der Waals surface area contributed by atoms with Gasteiger partial charge in [0.1, 0.15) is 0 Å². The molecule has 1 aliphatic rings. The van der Waals surface area contributed by atoms with Crippen LogP contribution in [0.25, 0.3) is 0 Å². The monoisotopic (exact) mass is 237 g/mol. The fourth-order valence-electron chi connectivity index (χ4n) is 2.49. The first kappa shape index (κ1) is 11.9. The fourth-order valence-corrected chi connectivity index (χ4v) is 2.67. The van der Waals surface area contributed by atoms with E-state index in [9.17, 15) is 0 Å². The second-order valence-electron chi connectivity index (χ2n) is 4.93. The van der Waals surface area contributed by atoms with Gasteiger partial charge in [-0.3, -0.25) is 0 Å². The van der Waals surface area contributed by atoms with Crippen molar-refractivity contribution in [3.63, 3.8) is 0 Å². The Hall–Kier alpha value is -0.530. The molecule has 0 saturated carbocycles. The van der Waals surface area contributed by atoms with Crippen molar-refractivity contribution in [2.24, 2.45) is 0 Å². The molecule has 0 amide bonds. The van der Waals surface area contributed by atoms with E-state index in [0.717, 1.165) is 11.6 Å². The number of piperidine rings is 1. The van der Waals surface area contributed by atoms with Crippen LogP contribution in [0.5, 0.6) is 0 Å². The molecule has 0 radical (unpaired) electrons. The number of hydrogen-bond donors (Lipinski definition) is 1. The van der Waals surface area contributed by atoms with Gasteiger partial charge < -0.3 is 5.32 Å². The highest BCUT2D eigenvalue weighted by molar-refractivity contribution is 6.30. The van der Waals surface area contributed by atoms with Crippen molar-refractivity contribution >= 4 is 11.6 Å². The highest BCUT2D eigenvalue weighted by Gasteiger charge is 2.19. The zero-order valence-electron chi connectivity index (χ0n) is 10.1. The first-order chi connectivity index (χ1) is 7.68. The van der Waals surface area contributed by atoms with Crippen LogP contribution >= 0.6 is 11.6 Å². The van der Waals surface area contributed by atoms with Crippen LogP contribution in [-0.2, 0) is 0 Å². The molecule has 0 aliphatic carbocycles. The third-order valence-electron chi connectivity index (χ3n) is 3.36. The van der Waals surface area contributed by atoms with Gasteiger partial charge in [0.15, 0.2) is 0 Å². The Balaban J connectivity index is 2.32. The molecule has 2 heteroatoms. The summed E-state index contributed by atoms with van der Waals surface area (Å²) in [6, 6.07) is 6.83. The van der Waals surface area contributed by atoms with E-state index in [1.165, 1.54) is 30.4 Å². The molecule has 1 nitrogen and oxygen atoms in total. The highest BCUT2D eigenvalue weighted by atomic mass is 35.5. The predicted octanol–water partition coefficient (Wildman–Crippen LogP) is 4.28. The number of hydrogen-bond acceptors (Lipinski definition) is 1. The number of rotatable bonds is 2. The smallest absolute Gasteiger partial charge is 0.0409 e. The first-order valence-corrected chi connectivity index (χ1v) is 6.59. The lowest BCUT2D eigenvalue weighted by molar-refractivity contribution is 0.409. The summed E-state index contributed by atoms with van der Waals surface area (Å²) in [5.41, 5.74) is 2.84. The molecule has 1 heterocycles. The Morgan fingerprint density at radius 3 is 2.75 bits per heavy atom. The molecule has 2 rings (SSSR count). The molecule has 1 fully saturated rings. The maximum Gasteiger partial charge on any atom is 0.0409 e. The van der Waals surface area contributed by atoms with E-state index < -0.39 is 0 Å². The Morgan fingerprint density at radius 1 is 1.31 bits per heavy atom. The molecule has 0 spiro atoms. The molecule has 0 aromatic heterocycles. The van der Waals surface area contributed by atoms with Gasteiger partial charge in [0, 0.05) is 11.1 Å². The van der Waals surface area contributed by atoms with E-state index in [-0.39, 0.29) is 0 Å². The molecule has 1 unspecified atom stereocenters. The van der Waals surface area contributed by atoms with Crippen LogP contribution in [0.15, 0.2) is 18.2 Å². The van der Waals surface area contributed by atoms with Gasteiger partial charge in [-0.05, 0) is 48.6 Å². The minimum absolute atomic E-state index is 0.504. The van der Waals surface area contributed by atoms with E-state index in [4.69, 9.17) is 11.6 Å². The standard InChI is InChI=1S/C14H20ClN/c1-10(2)12-7-6-11(15)9-13(12)14-5-3-4-8-16-14/h6-7,9-10,14,16H,3-5,8H2,1-2H3. The van der Waals surface area contributed by atoms with E-state index >= 15 is 0 Å². The Bertz CT molecular complexity index is 354. The lowest BCUT2D eigenvalue weighted by atomic mass is 9.89. The third kappa shape index (κ3) is 2.58. The van der Waals surface area contributed by atoms with E-state index in [0.29, 0.717) is 12.0 Å².